The zero-order valence-electron chi connectivity index (χ0n) is 10.6. The second-order valence-electron chi connectivity index (χ2n) is 5.11. The Balaban J connectivity index is 2.15. The molecule has 1 heterocycles. The summed E-state index contributed by atoms with van der Waals surface area (Å²) < 4.78 is 5.03. The van der Waals surface area contributed by atoms with E-state index >= 15 is 0 Å². The number of amides is 1. The van der Waals surface area contributed by atoms with E-state index in [0.717, 1.165) is 12.8 Å². The smallest absolute Gasteiger partial charge is 0.308 e. The molecule has 2 atom stereocenters. The van der Waals surface area contributed by atoms with Crippen LogP contribution in [0, 0.1) is 5.92 Å². The lowest BCUT2D eigenvalue weighted by atomic mass is 9.74. The van der Waals surface area contributed by atoms with Gasteiger partial charge in [-0.25, -0.2) is 0 Å². The Morgan fingerprint density at radius 2 is 2.21 bits per heavy atom. The molecule has 5 nitrogen and oxygen atoms in total. The number of carboxylic acid groups (broad SMARTS) is 1. The molecule has 0 aromatic carbocycles. The first-order valence-corrected chi connectivity index (χ1v) is 6.61. The fourth-order valence-electron chi connectivity index (χ4n) is 2.64. The van der Waals surface area contributed by atoms with Gasteiger partial charge in [-0.15, -0.1) is 0 Å². The van der Waals surface area contributed by atoms with Gasteiger partial charge in [0.05, 0.1) is 11.5 Å². The van der Waals surface area contributed by atoms with Crippen molar-refractivity contribution < 1.29 is 19.1 Å². The highest BCUT2D eigenvalue weighted by molar-refractivity contribution is 6.29. The fourth-order valence-corrected chi connectivity index (χ4v) is 2.78. The Hall–Kier alpha value is -1.49. The second-order valence-corrected chi connectivity index (χ2v) is 5.48. The summed E-state index contributed by atoms with van der Waals surface area (Å²) >= 11 is 5.62. The number of rotatable bonds is 3. The van der Waals surface area contributed by atoms with Gasteiger partial charge >= 0.3 is 5.97 Å². The molecule has 104 valence electrons. The lowest BCUT2D eigenvalue weighted by molar-refractivity contribution is -0.145. The van der Waals surface area contributed by atoms with Gasteiger partial charge in [0.25, 0.3) is 5.91 Å². The number of carboxylic acids is 1. The third kappa shape index (κ3) is 2.92. The summed E-state index contributed by atoms with van der Waals surface area (Å²) in [6, 6.07) is 2.95. The average Bonchev–Trinajstić information content (AvgIpc) is 2.75. The van der Waals surface area contributed by atoms with Gasteiger partial charge in [0.2, 0.25) is 0 Å². The van der Waals surface area contributed by atoms with E-state index < -0.39 is 23.3 Å². The molecule has 2 N–H and O–H groups in total. The summed E-state index contributed by atoms with van der Waals surface area (Å²) in [5, 5.41) is 12.2. The first-order chi connectivity index (χ1) is 8.92. The van der Waals surface area contributed by atoms with E-state index in [1.54, 1.807) is 6.92 Å². The molecule has 0 spiro atoms. The van der Waals surface area contributed by atoms with Crippen LogP contribution >= 0.6 is 11.6 Å². The topological polar surface area (TPSA) is 79.5 Å². The van der Waals surface area contributed by atoms with E-state index in [4.69, 9.17) is 16.0 Å². The summed E-state index contributed by atoms with van der Waals surface area (Å²) in [4.78, 5) is 23.3. The highest BCUT2D eigenvalue weighted by Crippen LogP contribution is 2.34. The molecule has 1 saturated carbocycles. The molecule has 19 heavy (non-hydrogen) atoms. The zero-order valence-corrected chi connectivity index (χ0v) is 11.4. The third-order valence-corrected chi connectivity index (χ3v) is 3.91. The van der Waals surface area contributed by atoms with Crippen molar-refractivity contribution >= 4 is 23.5 Å². The standard InChI is InChI=1S/C13H16ClNO4/c1-13(7-3-2-4-8(13)12(17)18)15-11(16)9-5-6-10(14)19-9/h5-6,8H,2-4,7H2,1H3,(H,15,16)(H,17,18). The molecule has 2 unspecified atom stereocenters. The Bertz CT molecular complexity index is 499. The van der Waals surface area contributed by atoms with Gasteiger partial charge in [0.15, 0.2) is 11.0 Å². The summed E-state index contributed by atoms with van der Waals surface area (Å²) in [6.45, 7) is 1.77. The van der Waals surface area contributed by atoms with Gasteiger partial charge < -0.3 is 14.8 Å². The molecule has 0 radical (unpaired) electrons. The Morgan fingerprint density at radius 1 is 1.47 bits per heavy atom. The first-order valence-electron chi connectivity index (χ1n) is 6.23. The highest BCUT2D eigenvalue weighted by atomic mass is 35.5. The third-order valence-electron chi connectivity index (χ3n) is 3.70. The van der Waals surface area contributed by atoms with Crippen LogP contribution in [0.3, 0.4) is 0 Å². The zero-order chi connectivity index (χ0) is 14.0. The van der Waals surface area contributed by atoms with E-state index in [1.165, 1.54) is 12.1 Å². The summed E-state index contributed by atoms with van der Waals surface area (Å²) in [5.41, 5.74) is -0.750. The molecule has 1 aromatic rings. The molecular formula is C13H16ClNO4. The SMILES string of the molecule is CC1(NC(=O)c2ccc(Cl)o2)CCCCC1C(=O)O. The van der Waals surface area contributed by atoms with Crippen LogP contribution in [0.25, 0.3) is 0 Å². The van der Waals surface area contributed by atoms with Crippen LogP contribution in [0.15, 0.2) is 16.5 Å². The number of hydrogen-bond donors (Lipinski definition) is 2. The Morgan fingerprint density at radius 3 is 2.79 bits per heavy atom. The van der Waals surface area contributed by atoms with Gasteiger partial charge in [-0.2, -0.15) is 0 Å². The van der Waals surface area contributed by atoms with Crippen LogP contribution < -0.4 is 5.32 Å². The summed E-state index contributed by atoms with van der Waals surface area (Å²) in [5.74, 6) is -1.78. The van der Waals surface area contributed by atoms with Crippen LogP contribution in [0.5, 0.6) is 0 Å². The van der Waals surface area contributed by atoms with Crippen LogP contribution in [-0.2, 0) is 4.79 Å². The van der Waals surface area contributed by atoms with Crippen LogP contribution in [0.4, 0.5) is 0 Å². The minimum Gasteiger partial charge on any atom is -0.481 e. The minimum absolute atomic E-state index is 0.0981. The van der Waals surface area contributed by atoms with E-state index in [2.05, 4.69) is 5.32 Å². The molecule has 0 saturated heterocycles. The van der Waals surface area contributed by atoms with E-state index in [1.807, 2.05) is 0 Å². The lowest BCUT2D eigenvalue weighted by Crippen LogP contribution is -2.55. The fraction of sp³-hybridized carbons (Fsp3) is 0.538. The monoisotopic (exact) mass is 285 g/mol. The Kier molecular flexibility index (Phi) is 3.85. The molecular weight excluding hydrogens is 270 g/mol. The van der Waals surface area contributed by atoms with Gasteiger partial charge in [-0.05, 0) is 43.5 Å². The molecule has 1 aromatic heterocycles. The molecule has 0 bridgehead atoms. The van der Waals surface area contributed by atoms with Crippen molar-refractivity contribution in [2.45, 2.75) is 38.1 Å². The molecule has 1 fully saturated rings. The number of carbonyl (C=O) groups excluding carboxylic acids is 1. The highest BCUT2D eigenvalue weighted by Gasteiger charge is 2.42. The predicted molar refractivity (Wildman–Crippen MR) is 69.2 cm³/mol. The number of hydrogen-bond acceptors (Lipinski definition) is 3. The van der Waals surface area contributed by atoms with Gasteiger partial charge in [0.1, 0.15) is 0 Å². The predicted octanol–water partition coefficient (Wildman–Crippen LogP) is 2.70. The van der Waals surface area contributed by atoms with Crippen LogP contribution in [-0.4, -0.2) is 22.5 Å². The number of nitrogens with one attached hydrogen (secondary N) is 1. The summed E-state index contributed by atoms with van der Waals surface area (Å²) in [6.07, 6.45) is 2.99. The minimum atomic E-state index is -0.875. The van der Waals surface area contributed by atoms with Crippen molar-refractivity contribution in [2.75, 3.05) is 0 Å². The van der Waals surface area contributed by atoms with Gasteiger partial charge in [0, 0.05) is 0 Å². The van der Waals surface area contributed by atoms with Crippen LogP contribution in [0.2, 0.25) is 5.22 Å². The van der Waals surface area contributed by atoms with Crippen molar-refractivity contribution in [3.05, 3.63) is 23.1 Å². The van der Waals surface area contributed by atoms with Crippen molar-refractivity contribution in [3.8, 4) is 0 Å². The molecule has 2 rings (SSSR count). The lowest BCUT2D eigenvalue weighted by Gasteiger charge is -2.39. The maximum Gasteiger partial charge on any atom is 0.308 e. The molecule has 0 aliphatic heterocycles. The number of carbonyl (C=O) groups is 2. The van der Waals surface area contributed by atoms with Crippen molar-refractivity contribution in [3.63, 3.8) is 0 Å². The number of furan rings is 1. The van der Waals surface area contributed by atoms with E-state index in [-0.39, 0.29) is 11.0 Å². The normalized spacial score (nSPS) is 26.9. The average molecular weight is 286 g/mol. The molecule has 1 amide bonds. The molecule has 1 aliphatic rings. The van der Waals surface area contributed by atoms with E-state index in [0.29, 0.717) is 12.8 Å². The molecule has 6 heteroatoms. The first kappa shape index (κ1) is 13.9. The summed E-state index contributed by atoms with van der Waals surface area (Å²) in [7, 11) is 0. The van der Waals surface area contributed by atoms with Gasteiger partial charge in [-0.1, -0.05) is 12.8 Å². The maximum atomic E-state index is 12.0. The van der Waals surface area contributed by atoms with Gasteiger partial charge in [-0.3, -0.25) is 9.59 Å². The Labute approximate surface area is 115 Å². The van der Waals surface area contributed by atoms with Crippen molar-refractivity contribution in [1.29, 1.82) is 0 Å². The van der Waals surface area contributed by atoms with Crippen molar-refractivity contribution in [1.82, 2.24) is 5.32 Å². The maximum absolute atomic E-state index is 12.0. The quantitative estimate of drug-likeness (QED) is 0.895. The van der Waals surface area contributed by atoms with Crippen molar-refractivity contribution in [2.24, 2.45) is 5.92 Å². The molecule has 1 aliphatic carbocycles. The second kappa shape index (κ2) is 5.25. The number of aliphatic carboxylic acids is 1. The van der Waals surface area contributed by atoms with Crippen LogP contribution in [0.1, 0.15) is 43.2 Å². The largest absolute Gasteiger partial charge is 0.481 e. The van der Waals surface area contributed by atoms with E-state index in [9.17, 15) is 14.7 Å². The number of halogens is 1.